The predicted molar refractivity (Wildman–Crippen MR) is 47.6 cm³/mol. The number of halogens is 1. The van der Waals surface area contributed by atoms with Gasteiger partial charge in [0, 0.05) is 16.1 Å². The van der Waals surface area contributed by atoms with Crippen LogP contribution in [0.4, 0.5) is 5.69 Å². The molecule has 0 unspecified atom stereocenters. The van der Waals surface area contributed by atoms with Crippen molar-refractivity contribution in [2.45, 2.75) is 13.8 Å². The lowest BCUT2D eigenvalue weighted by atomic mass is 10.1. The van der Waals surface area contributed by atoms with E-state index in [1.54, 1.807) is 26.0 Å². The summed E-state index contributed by atoms with van der Waals surface area (Å²) in [7, 11) is 0. The van der Waals surface area contributed by atoms with Crippen LogP contribution in [0.1, 0.15) is 11.1 Å². The Morgan fingerprint density at radius 2 is 1.75 bits per heavy atom. The molecule has 0 amide bonds. The van der Waals surface area contributed by atoms with E-state index in [0.717, 1.165) is 0 Å². The number of rotatable bonds is 1. The van der Waals surface area contributed by atoms with Crippen molar-refractivity contribution in [3.05, 3.63) is 38.4 Å². The third-order valence-corrected chi connectivity index (χ3v) is 1.86. The molecular weight excluding hydrogens is 178 g/mol. The van der Waals surface area contributed by atoms with Crippen molar-refractivity contribution < 1.29 is 4.92 Å². The summed E-state index contributed by atoms with van der Waals surface area (Å²) < 4.78 is 0. The molecule has 0 aromatic heterocycles. The average Bonchev–Trinajstić information content (AvgIpc) is 1.82. The molecule has 0 aliphatic heterocycles. The number of aryl methyl sites for hydroxylation is 2. The Morgan fingerprint density at radius 3 is 2.08 bits per heavy atom. The number of hydrogen-bond donors (Lipinski definition) is 0. The van der Waals surface area contributed by atoms with Gasteiger partial charge in [0.1, 0.15) is 0 Å². The van der Waals surface area contributed by atoms with Crippen molar-refractivity contribution >= 4 is 17.3 Å². The summed E-state index contributed by atoms with van der Waals surface area (Å²) in [6.07, 6.45) is 0. The van der Waals surface area contributed by atoms with Crippen molar-refractivity contribution in [1.82, 2.24) is 0 Å². The van der Waals surface area contributed by atoms with Crippen LogP contribution in [0.15, 0.2) is 12.1 Å². The summed E-state index contributed by atoms with van der Waals surface area (Å²) in [6.45, 7) is 3.36. The smallest absolute Gasteiger partial charge is 0.258 e. The van der Waals surface area contributed by atoms with Gasteiger partial charge in [-0.25, -0.2) is 0 Å². The van der Waals surface area contributed by atoms with Crippen molar-refractivity contribution in [2.24, 2.45) is 0 Å². The first-order chi connectivity index (χ1) is 5.52. The zero-order valence-corrected chi connectivity index (χ0v) is 7.55. The highest BCUT2D eigenvalue weighted by Crippen LogP contribution is 2.26. The molecule has 1 aromatic carbocycles. The summed E-state index contributed by atoms with van der Waals surface area (Å²) in [5.41, 5.74) is 1.36. The maximum absolute atomic E-state index is 10.5. The van der Waals surface area contributed by atoms with E-state index in [1.807, 2.05) is 0 Å². The number of nitro benzene ring substituents is 1. The van der Waals surface area contributed by atoms with Gasteiger partial charge in [0.2, 0.25) is 0 Å². The van der Waals surface area contributed by atoms with Gasteiger partial charge in [-0.05, 0) is 26.0 Å². The Balaban J connectivity index is 3.38. The minimum atomic E-state index is -0.388. The molecule has 0 saturated carbocycles. The Hall–Kier alpha value is -1.09. The molecule has 0 N–H and O–H groups in total. The lowest BCUT2D eigenvalue weighted by Gasteiger charge is -2.00. The molecule has 0 heterocycles. The lowest BCUT2D eigenvalue weighted by molar-refractivity contribution is -0.386. The molecule has 1 aromatic rings. The minimum Gasteiger partial charge on any atom is -0.258 e. The number of nitrogens with zero attached hydrogens (tertiary/aromatic N) is 1. The fourth-order valence-electron chi connectivity index (χ4n) is 1.19. The molecule has 0 fully saturated rings. The Morgan fingerprint density at radius 1 is 1.33 bits per heavy atom. The fourth-order valence-corrected chi connectivity index (χ4v) is 1.52. The molecule has 0 atom stereocenters. The second kappa shape index (κ2) is 3.11. The molecule has 0 spiro atoms. The summed E-state index contributed by atoms with van der Waals surface area (Å²) in [5.74, 6) is 0. The highest BCUT2D eigenvalue weighted by Gasteiger charge is 2.14. The van der Waals surface area contributed by atoms with E-state index in [-0.39, 0.29) is 10.6 Å². The first-order valence-corrected chi connectivity index (χ1v) is 3.81. The van der Waals surface area contributed by atoms with Gasteiger partial charge in [0.15, 0.2) is 0 Å². The molecule has 0 radical (unpaired) electrons. The number of nitro groups is 1. The maximum Gasteiger partial charge on any atom is 0.275 e. The van der Waals surface area contributed by atoms with E-state index in [0.29, 0.717) is 16.1 Å². The third-order valence-electron chi connectivity index (χ3n) is 1.64. The van der Waals surface area contributed by atoms with Gasteiger partial charge in [0.25, 0.3) is 5.69 Å². The first-order valence-electron chi connectivity index (χ1n) is 3.43. The second-order valence-corrected chi connectivity index (χ2v) is 3.08. The van der Waals surface area contributed by atoms with Crippen molar-refractivity contribution in [3.63, 3.8) is 0 Å². The third kappa shape index (κ3) is 1.56. The zero-order valence-electron chi connectivity index (χ0n) is 6.80. The molecule has 0 bridgehead atoms. The van der Waals surface area contributed by atoms with Gasteiger partial charge in [-0.2, -0.15) is 0 Å². The standard InChI is InChI=1S/C8H8ClNO2/c1-5-3-7(9)4-6(2)8(5)10(11)12/h3-4H,1-2H3. The van der Waals surface area contributed by atoms with Crippen LogP contribution >= 0.6 is 11.6 Å². The number of hydrogen-bond acceptors (Lipinski definition) is 2. The molecule has 64 valence electrons. The monoisotopic (exact) mass is 185 g/mol. The molecule has 0 saturated heterocycles. The summed E-state index contributed by atoms with van der Waals surface area (Å²) >= 11 is 5.70. The lowest BCUT2D eigenvalue weighted by Crippen LogP contribution is -1.94. The van der Waals surface area contributed by atoms with Gasteiger partial charge in [-0.3, -0.25) is 10.1 Å². The molecule has 0 aliphatic carbocycles. The molecule has 3 nitrogen and oxygen atoms in total. The molecule has 4 heteroatoms. The first kappa shape index (κ1) is 9.00. The molecular formula is C8H8ClNO2. The van der Waals surface area contributed by atoms with Crippen LogP contribution in [-0.4, -0.2) is 4.92 Å². The fraction of sp³-hybridized carbons (Fsp3) is 0.250. The van der Waals surface area contributed by atoms with Crippen molar-refractivity contribution in [2.75, 3.05) is 0 Å². The minimum absolute atomic E-state index is 0.152. The normalized spacial score (nSPS) is 9.92. The summed E-state index contributed by atoms with van der Waals surface area (Å²) in [5, 5.41) is 11.1. The SMILES string of the molecule is Cc1cc(Cl)cc(C)c1[N+](=O)[O-]. The summed E-state index contributed by atoms with van der Waals surface area (Å²) in [4.78, 5) is 10.1. The van der Waals surface area contributed by atoms with E-state index >= 15 is 0 Å². The van der Waals surface area contributed by atoms with Gasteiger partial charge < -0.3 is 0 Å². The van der Waals surface area contributed by atoms with Crippen LogP contribution in [-0.2, 0) is 0 Å². The van der Waals surface area contributed by atoms with Gasteiger partial charge >= 0.3 is 0 Å². The van der Waals surface area contributed by atoms with Gasteiger partial charge in [-0.15, -0.1) is 0 Å². The van der Waals surface area contributed by atoms with Crippen LogP contribution in [0.2, 0.25) is 5.02 Å². The van der Waals surface area contributed by atoms with Gasteiger partial charge in [-0.1, -0.05) is 11.6 Å². The van der Waals surface area contributed by atoms with Gasteiger partial charge in [0.05, 0.1) is 4.92 Å². The topological polar surface area (TPSA) is 43.1 Å². The van der Waals surface area contributed by atoms with Crippen LogP contribution in [0, 0.1) is 24.0 Å². The zero-order chi connectivity index (χ0) is 9.30. The highest BCUT2D eigenvalue weighted by molar-refractivity contribution is 6.30. The van der Waals surface area contributed by atoms with E-state index in [4.69, 9.17) is 11.6 Å². The van der Waals surface area contributed by atoms with E-state index in [2.05, 4.69) is 0 Å². The summed E-state index contributed by atoms with van der Waals surface area (Å²) in [6, 6.07) is 3.18. The van der Waals surface area contributed by atoms with Crippen LogP contribution < -0.4 is 0 Å². The highest BCUT2D eigenvalue weighted by atomic mass is 35.5. The Labute approximate surface area is 75.1 Å². The van der Waals surface area contributed by atoms with Crippen molar-refractivity contribution in [3.8, 4) is 0 Å². The molecule has 0 aliphatic rings. The Bertz CT molecular complexity index is 313. The van der Waals surface area contributed by atoms with Crippen molar-refractivity contribution in [1.29, 1.82) is 0 Å². The van der Waals surface area contributed by atoms with Crippen LogP contribution in [0.5, 0.6) is 0 Å². The van der Waals surface area contributed by atoms with E-state index in [9.17, 15) is 10.1 Å². The largest absolute Gasteiger partial charge is 0.275 e. The number of benzene rings is 1. The Kier molecular flexibility index (Phi) is 2.33. The second-order valence-electron chi connectivity index (χ2n) is 2.65. The maximum atomic E-state index is 10.5. The van der Waals surface area contributed by atoms with E-state index < -0.39 is 0 Å². The van der Waals surface area contributed by atoms with Crippen LogP contribution in [0.3, 0.4) is 0 Å². The predicted octanol–water partition coefficient (Wildman–Crippen LogP) is 2.87. The average molecular weight is 186 g/mol. The molecule has 12 heavy (non-hydrogen) atoms. The quantitative estimate of drug-likeness (QED) is 0.499. The van der Waals surface area contributed by atoms with Crippen LogP contribution in [0.25, 0.3) is 0 Å². The molecule has 1 rings (SSSR count). The van der Waals surface area contributed by atoms with E-state index in [1.165, 1.54) is 0 Å².